The minimum atomic E-state index is -0.0848. The molecule has 0 aliphatic carbocycles. The number of rotatable bonds is 11. The van der Waals surface area contributed by atoms with Crippen LogP contribution in [-0.2, 0) is 17.6 Å². The number of nitrogens with one attached hydrogen (secondary N) is 3. The highest BCUT2D eigenvalue weighted by molar-refractivity contribution is 6.06. The molecule has 0 unspecified atom stereocenters. The lowest BCUT2D eigenvalue weighted by molar-refractivity contribution is -0.112. The van der Waals surface area contributed by atoms with Crippen LogP contribution in [0.1, 0.15) is 64.3 Å². The van der Waals surface area contributed by atoms with Gasteiger partial charge in [-0.05, 0) is 81.7 Å². The van der Waals surface area contributed by atoms with Gasteiger partial charge in [-0.3, -0.25) is 9.89 Å². The predicted molar refractivity (Wildman–Crippen MR) is 141 cm³/mol. The number of hydrogen-bond acceptors (Lipinski definition) is 3. The number of anilines is 2. The van der Waals surface area contributed by atoms with Gasteiger partial charge in [-0.1, -0.05) is 50.1 Å². The third-order valence-electron chi connectivity index (χ3n) is 5.66. The van der Waals surface area contributed by atoms with Crippen LogP contribution in [0.4, 0.5) is 11.5 Å². The SMILES string of the molecule is CCC(C)=C/C(=C\C=C(/C)CC(C)C)C(=O)Nc1ccc(C)c(CCc2cc(NC)n[nH]2)c1. The van der Waals surface area contributed by atoms with Crippen LogP contribution in [-0.4, -0.2) is 23.2 Å². The highest BCUT2D eigenvalue weighted by Gasteiger charge is 2.10. The molecule has 1 amide bonds. The molecule has 0 atom stereocenters. The Labute approximate surface area is 199 Å². The zero-order chi connectivity index (χ0) is 24.4. The van der Waals surface area contributed by atoms with Gasteiger partial charge in [0.2, 0.25) is 0 Å². The Balaban J connectivity index is 2.18. The van der Waals surface area contributed by atoms with Crippen molar-refractivity contribution >= 4 is 17.4 Å². The van der Waals surface area contributed by atoms with Crippen molar-refractivity contribution in [2.45, 2.75) is 67.2 Å². The van der Waals surface area contributed by atoms with E-state index in [4.69, 9.17) is 0 Å². The van der Waals surface area contributed by atoms with Crippen molar-refractivity contribution < 1.29 is 4.79 Å². The van der Waals surface area contributed by atoms with E-state index in [1.807, 2.05) is 31.3 Å². The van der Waals surface area contributed by atoms with E-state index >= 15 is 0 Å². The maximum Gasteiger partial charge on any atom is 0.255 e. The van der Waals surface area contributed by atoms with Crippen LogP contribution < -0.4 is 10.6 Å². The van der Waals surface area contributed by atoms with Crippen LogP contribution in [0.15, 0.2) is 59.2 Å². The standard InChI is InChI=1S/C28H40N4O/c1-8-20(4)16-24(11-9-21(5)15-19(2)3)28(33)30-25-13-10-22(6)23(17-25)12-14-26-18-27(29-7)32-31-26/h9-11,13,16-19H,8,12,14-15H2,1-7H3,(H,30,33)(H2,29,31,32)/b20-16?,21-9+,24-11+. The summed E-state index contributed by atoms with van der Waals surface area (Å²) in [5.41, 5.74) is 7.46. The van der Waals surface area contributed by atoms with Crippen LogP contribution in [0.2, 0.25) is 0 Å². The lowest BCUT2D eigenvalue weighted by Gasteiger charge is -2.11. The number of hydrogen-bond donors (Lipinski definition) is 3. The minimum absolute atomic E-state index is 0.0848. The summed E-state index contributed by atoms with van der Waals surface area (Å²) in [6.07, 6.45) is 9.66. The Hall–Kier alpha value is -3.08. The average molecular weight is 449 g/mol. The van der Waals surface area contributed by atoms with Crippen molar-refractivity contribution in [2.24, 2.45) is 5.92 Å². The quantitative estimate of drug-likeness (QED) is 0.263. The minimum Gasteiger partial charge on any atom is -0.372 e. The summed E-state index contributed by atoms with van der Waals surface area (Å²) >= 11 is 0. The van der Waals surface area contributed by atoms with E-state index in [1.54, 1.807) is 0 Å². The Kier molecular flexibility index (Phi) is 10.2. The van der Waals surface area contributed by atoms with E-state index in [9.17, 15) is 4.79 Å². The molecule has 0 fully saturated rings. The lowest BCUT2D eigenvalue weighted by atomic mass is 10.0. The predicted octanol–water partition coefficient (Wildman–Crippen LogP) is 6.76. The molecule has 1 aromatic carbocycles. The summed E-state index contributed by atoms with van der Waals surface area (Å²) in [6, 6.07) is 8.14. The molecule has 0 spiro atoms. The van der Waals surface area contributed by atoms with Crippen molar-refractivity contribution in [1.29, 1.82) is 0 Å². The summed E-state index contributed by atoms with van der Waals surface area (Å²) < 4.78 is 0. The second-order valence-electron chi connectivity index (χ2n) is 9.20. The first kappa shape index (κ1) is 26.2. The summed E-state index contributed by atoms with van der Waals surface area (Å²) in [6.45, 7) is 12.8. The van der Waals surface area contributed by atoms with Gasteiger partial charge in [0.25, 0.3) is 5.91 Å². The molecular weight excluding hydrogens is 408 g/mol. The molecule has 0 radical (unpaired) electrons. The molecule has 5 heteroatoms. The van der Waals surface area contributed by atoms with Gasteiger partial charge < -0.3 is 10.6 Å². The molecule has 1 aromatic heterocycles. The molecule has 0 aliphatic heterocycles. The summed E-state index contributed by atoms with van der Waals surface area (Å²) in [5.74, 6) is 1.35. The monoisotopic (exact) mass is 448 g/mol. The first-order valence-electron chi connectivity index (χ1n) is 11.9. The van der Waals surface area contributed by atoms with Crippen molar-refractivity contribution in [3.8, 4) is 0 Å². The van der Waals surface area contributed by atoms with Gasteiger partial charge in [0.15, 0.2) is 0 Å². The van der Waals surface area contributed by atoms with Crippen LogP contribution in [0.25, 0.3) is 0 Å². The fraction of sp³-hybridized carbons (Fsp3) is 0.429. The molecular formula is C28H40N4O. The average Bonchev–Trinajstić information content (AvgIpc) is 3.24. The lowest BCUT2D eigenvalue weighted by Crippen LogP contribution is -2.14. The van der Waals surface area contributed by atoms with Gasteiger partial charge in [-0.15, -0.1) is 0 Å². The van der Waals surface area contributed by atoms with Crippen molar-refractivity contribution in [3.63, 3.8) is 0 Å². The van der Waals surface area contributed by atoms with Gasteiger partial charge in [0.1, 0.15) is 5.82 Å². The second-order valence-corrected chi connectivity index (χ2v) is 9.20. The Morgan fingerprint density at radius 2 is 1.88 bits per heavy atom. The number of carbonyl (C=O) groups excluding carboxylic acids is 1. The molecule has 5 nitrogen and oxygen atoms in total. The number of aromatic amines is 1. The topological polar surface area (TPSA) is 69.8 Å². The number of aryl methyl sites for hydroxylation is 3. The van der Waals surface area contributed by atoms with Crippen LogP contribution in [0.5, 0.6) is 0 Å². The number of amides is 1. The first-order valence-corrected chi connectivity index (χ1v) is 11.9. The van der Waals surface area contributed by atoms with Crippen LogP contribution >= 0.6 is 0 Å². The number of H-pyrrole nitrogens is 1. The normalized spacial score (nSPS) is 12.9. The van der Waals surface area contributed by atoms with Gasteiger partial charge in [-0.2, -0.15) is 5.10 Å². The van der Waals surface area contributed by atoms with Gasteiger partial charge in [0.05, 0.1) is 0 Å². The third kappa shape index (κ3) is 8.76. The molecule has 2 aromatic rings. The molecule has 0 saturated carbocycles. The van der Waals surface area contributed by atoms with Crippen LogP contribution in [0.3, 0.4) is 0 Å². The molecule has 0 saturated heterocycles. The van der Waals surface area contributed by atoms with E-state index in [0.29, 0.717) is 11.5 Å². The smallest absolute Gasteiger partial charge is 0.255 e. The second kappa shape index (κ2) is 12.8. The van der Waals surface area contributed by atoms with E-state index in [-0.39, 0.29) is 5.91 Å². The highest BCUT2D eigenvalue weighted by Crippen LogP contribution is 2.20. The molecule has 0 aliphatic rings. The zero-order valence-corrected chi connectivity index (χ0v) is 21.3. The first-order chi connectivity index (χ1) is 15.7. The number of allylic oxidation sites excluding steroid dienone is 4. The highest BCUT2D eigenvalue weighted by atomic mass is 16.1. The third-order valence-corrected chi connectivity index (χ3v) is 5.66. The maximum absolute atomic E-state index is 13.1. The van der Waals surface area contributed by atoms with E-state index in [1.165, 1.54) is 22.3 Å². The molecule has 33 heavy (non-hydrogen) atoms. The van der Waals surface area contributed by atoms with E-state index in [0.717, 1.165) is 42.9 Å². The molecule has 3 N–H and O–H groups in total. The molecule has 1 heterocycles. The molecule has 2 rings (SSSR count). The fourth-order valence-corrected chi connectivity index (χ4v) is 3.61. The fourth-order valence-electron chi connectivity index (χ4n) is 3.61. The van der Waals surface area contributed by atoms with Crippen molar-refractivity contribution in [2.75, 3.05) is 17.7 Å². The molecule has 178 valence electrons. The van der Waals surface area contributed by atoms with Crippen molar-refractivity contribution in [3.05, 3.63) is 76.0 Å². The number of nitrogens with zero attached hydrogens (tertiary/aromatic N) is 1. The van der Waals surface area contributed by atoms with E-state index < -0.39 is 0 Å². The van der Waals surface area contributed by atoms with Crippen molar-refractivity contribution in [1.82, 2.24) is 10.2 Å². The summed E-state index contributed by atoms with van der Waals surface area (Å²) in [4.78, 5) is 13.1. The summed E-state index contributed by atoms with van der Waals surface area (Å²) in [7, 11) is 1.86. The Morgan fingerprint density at radius 3 is 2.52 bits per heavy atom. The number of aromatic nitrogens is 2. The largest absolute Gasteiger partial charge is 0.372 e. The van der Waals surface area contributed by atoms with E-state index in [2.05, 4.69) is 80.6 Å². The Bertz CT molecular complexity index is 1020. The van der Waals surface area contributed by atoms with Crippen LogP contribution in [0, 0.1) is 12.8 Å². The summed E-state index contributed by atoms with van der Waals surface area (Å²) in [5, 5.41) is 13.4. The number of benzene rings is 1. The maximum atomic E-state index is 13.1. The van der Waals surface area contributed by atoms with Gasteiger partial charge in [0, 0.05) is 30.1 Å². The van der Waals surface area contributed by atoms with Gasteiger partial charge >= 0.3 is 0 Å². The Morgan fingerprint density at radius 1 is 1.12 bits per heavy atom. The van der Waals surface area contributed by atoms with Gasteiger partial charge in [-0.25, -0.2) is 0 Å². The zero-order valence-electron chi connectivity index (χ0n) is 21.3. The number of carbonyl (C=O) groups is 1. The molecule has 0 bridgehead atoms.